The van der Waals surface area contributed by atoms with Crippen molar-refractivity contribution in [1.82, 2.24) is 15.3 Å². The predicted molar refractivity (Wildman–Crippen MR) is 70.8 cm³/mol. The smallest absolute Gasteiger partial charge is 0.325 e. The van der Waals surface area contributed by atoms with Crippen molar-refractivity contribution in [2.45, 2.75) is 26.3 Å². The predicted octanol–water partition coefficient (Wildman–Crippen LogP) is -0.728. The van der Waals surface area contributed by atoms with E-state index in [9.17, 15) is 14.4 Å². The van der Waals surface area contributed by atoms with Crippen molar-refractivity contribution in [1.29, 1.82) is 0 Å². The Balaban J connectivity index is 2.85. The molecule has 7 heteroatoms. The van der Waals surface area contributed by atoms with Gasteiger partial charge in [-0.05, 0) is 19.4 Å². The zero-order valence-corrected chi connectivity index (χ0v) is 10.8. The summed E-state index contributed by atoms with van der Waals surface area (Å²) in [5, 5.41) is 11.5. The van der Waals surface area contributed by atoms with Gasteiger partial charge in [-0.3, -0.25) is 14.6 Å². The van der Waals surface area contributed by atoms with Crippen molar-refractivity contribution in [2.75, 3.05) is 6.61 Å². The van der Waals surface area contributed by atoms with E-state index in [-0.39, 0.29) is 18.2 Å². The Labute approximate surface area is 109 Å². The van der Waals surface area contributed by atoms with Gasteiger partial charge in [0.15, 0.2) is 0 Å². The molecule has 0 bridgehead atoms. The first-order valence-electron chi connectivity index (χ1n) is 5.90. The Morgan fingerprint density at radius 2 is 2.11 bits per heavy atom. The molecule has 0 aromatic carbocycles. The number of amides is 1. The SMILES string of the molecule is CCC(CO)NC(=O)/C=C/c1c(C)[nH]c(=O)[nH]c1=O. The lowest BCUT2D eigenvalue weighted by Gasteiger charge is -2.11. The van der Waals surface area contributed by atoms with Gasteiger partial charge in [0.2, 0.25) is 5.91 Å². The molecule has 0 aliphatic rings. The second kappa shape index (κ2) is 6.69. The Morgan fingerprint density at radius 3 is 2.63 bits per heavy atom. The van der Waals surface area contributed by atoms with Crippen LogP contribution < -0.4 is 16.6 Å². The van der Waals surface area contributed by atoms with Crippen molar-refractivity contribution in [3.63, 3.8) is 0 Å². The number of aromatic nitrogens is 2. The van der Waals surface area contributed by atoms with E-state index in [1.54, 1.807) is 6.92 Å². The van der Waals surface area contributed by atoms with Crippen LogP contribution in [0.4, 0.5) is 0 Å². The second-order valence-electron chi connectivity index (χ2n) is 4.08. The summed E-state index contributed by atoms with van der Waals surface area (Å²) in [5.41, 5.74) is -0.547. The van der Waals surface area contributed by atoms with Gasteiger partial charge in [0.25, 0.3) is 5.56 Å². The molecule has 1 unspecified atom stereocenters. The molecule has 0 radical (unpaired) electrons. The largest absolute Gasteiger partial charge is 0.394 e. The molecule has 1 heterocycles. The van der Waals surface area contributed by atoms with E-state index in [0.717, 1.165) is 0 Å². The maximum absolute atomic E-state index is 11.5. The molecular formula is C12H17N3O4. The number of hydrogen-bond acceptors (Lipinski definition) is 4. The molecule has 1 atom stereocenters. The summed E-state index contributed by atoms with van der Waals surface area (Å²) in [7, 11) is 0. The molecule has 1 aromatic heterocycles. The third kappa shape index (κ3) is 4.22. The van der Waals surface area contributed by atoms with Crippen LogP contribution in [0, 0.1) is 6.92 Å². The Kier molecular flexibility index (Phi) is 5.25. The number of aromatic amines is 2. The summed E-state index contributed by atoms with van der Waals surface area (Å²) in [6, 6.07) is -0.313. The van der Waals surface area contributed by atoms with Gasteiger partial charge >= 0.3 is 5.69 Å². The Morgan fingerprint density at radius 1 is 1.42 bits per heavy atom. The molecule has 0 saturated heterocycles. The lowest BCUT2D eigenvalue weighted by Crippen LogP contribution is -2.35. The zero-order valence-electron chi connectivity index (χ0n) is 10.8. The molecular weight excluding hydrogens is 250 g/mol. The van der Waals surface area contributed by atoms with Gasteiger partial charge in [-0.15, -0.1) is 0 Å². The maximum Gasteiger partial charge on any atom is 0.325 e. The van der Waals surface area contributed by atoms with Crippen LogP contribution in [0.2, 0.25) is 0 Å². The summed E-state index contributed by atoms with van der Waals surface area (Å²) < 4.78 is 0. The molecule has 0 fully saturated rings. The normalized spacial score (nSPS) is 12.6. The van der Waals surface area contributed by atoms with Gasteiger partial charge in [-0.1, -0.05) is 6.92 Å². The monoisotopic (exact) mass is 267 g/mol. The average Bonchev–Trinajstić information content (AvgIpc) is 2.34. The fourth-order valence-electron chi connectivity index (χ4n) is 1.50. The van der Waals surface area contributed by atoms with E-state index in [1.807, 2.05) is 6.92 Å². The number of aliphatic hydroxyl groups excluding tert-OH is 1. The minimum Gasteiger partial charge on any atom is -0.394 e. The van der Waals surface area contributed by atoms with Crippen molar-refractivity contribution in [2.24, 2.45) is 0 Å². The highest BCUT2D eigenvalue weighted by Gasteiger charge is 2.07. The molecule has 19 heavy (non-hydrogen) atoms. The van der Waals surface area contributed by atoms with Crippen LogP contribution in [-0.4, -0.2) is 33.6 Å². The standard InChI is InChI=1S/C12H17N3O4/c1-3-8(6-16)14-10(17)5-4-9-7(2)13-12(19)15-11(9)18/h4-5,8,16H,3,6H2,1-2H3,(H,14,17)(H2,13,15,18,19)/b5-4+. The van der Waals surface area contributed by atoms with Crippen molar-refractivity contribution in [3.05, 3.63) is 38.2 Å². The van der Waals surface area contributed by atoms with Gasteiger partial charge in [0.05, 0.1) is 18.2 Å². The van der Waals surface area contributed by atoms with E-state index in [4.69, 9.17) is 5.11 Å². The number of nitrogens with one attached hydrogen (secondary N) is 3. The number of aliphatic hydroxyl groups is 1. The van der Waals surface area contributed by atoms with Gasteiger partial charge in [-0.25, -0.2) is 4.79 Å². The van der Waals surface area contributed by atoms with E-state index in [1.165, 1.54) is 12.2 Å². The number of aryl methyl sites for hydroxylation is 1. The van der Waals surface area contributed by atoms with Gasteiger partial charge in [-0.2, -0.15) is 0 Å². The molecule has 104 valence electrons. The molecule has 0 spiro atoms. The van der Waals surface area contributed by atoms with E-state index < -0.39 is 17.2 Å². The summed E-state index contributed by atoms with van der Waals surface area (Å²) in [6.07, 6.45) is 3.12. The third-order valence-corrected chi connectivity index (χ3v) is 2.64. The van der Waals surface area contributed by atoms with E-state index in [0.29, 0.717) is 12.1 Å². The fourth-order valence-corrected chi connectivity index (χ4v) is 1.50. The minimum absolute atomic E-state index is 0.144. The van der Waals surface area contributed by atoms with Gasteiger partial charge in [0, 0.05) is 11.8 Å². The molecule has 1 aromatic rings. The minimum atomic E-state index is -0.588. The number of carbonyl (C=O) groups excluding carboxylic acids is 1. The number of hydrogen-bond donors (Lipinski definition) is 4. The van der Waals surface area contributed by atoms with Crippen LogP contribution in [0.25, 0.3) is 6.08 Å². The lowest BCUT2D eigenvalue weighted by atomic mass is 10.2. The lowest BCUT2D eigenvalue weighted by molar-refractivity contribution is -0.117. The third-order valence-electron chi connectivity index (χ3n) is 2.64. The molecule has 0 aliphatic heterocycles. The van der Waals surface area contributed by atoms with Crippen LogP contribution in [0.1, 0.15) is 24.6 Å². The van der Waals surface area contributed by atoms with E-state index >= 15 is 0 Å². The van der Waals surface area contributed by atoms with Crippen molar-refractivity contribution >= 4 is 12.0 Å². The molecule has 1 amide bonds. The van der Waals surface area contributed by atoms with Gasteiger partial charge < -0.3 is 15.4 Å². The molecule has 1 rings (SSSR count). The first-order valence-corrected chi connectivity index (χ1v) is 5.90. The topological polar surface area (TPSA) is 115 Å². The average molecular weight is 267 g/mol. The Bertz CT molecular complexity index is 581. The highest BCUT2D eigenvalue weighted by Crippen LogP contribution is 1.98. The fraction of sp³-hybridized carbons (Fsp3) is 0.417. The molecule has 0 aliphatic carbocycles. The summed E-state index contributed by atoms with van der Waals surface area (Å²) >= 11 is 0. The Hall–Kier alpha value is -2.15. The van der Waals surface area contributed by atoms with Crippen molar-refractivity contribution in [3.8, 4) is 0 Å². The van der Waals surface area contributed by atoms with Gasteiger partial charge in [0.1, 0.15) is 0 Å². The van der Waals surface area contributed by atoms with Crippen LogP contribution >= 0.6 is 0 Å². The molecule has 4 N–H and O–H groups in total. The number of carbonyl (C=O) groups is 1. The van der Waals surface area contributed by atoms with Crippen LogP contribution in [0.5, 0.6) is 0 Å². The van der Waals surface area contributed by atoms with Crippen LogP contribution in [0.3, 0.4) is 0 Å². The van der Waals surface area contributed by atoms with Crippen LogP contribution in [-0.2, 0) is 4.79 Å². The zero-order chi connectivity index (χ0) is 14.4. The van der Waals surface area contributed by atoms with E-state index in [2.05, 4.69) is 15.3 Å². The quantitative estimate of drug-likeness (QED) is 0.526. The van der Waals surface area contributed by atoms with Crippen molar-refractivity contribution < 1.29 is 9.90 Å². The molecule has 7 nitrogen and oxygen atoms in total. The number of H-pyrrole nitrogens is 2. The molecule has 0 saturated carbocycles. The van der Waals surface area contributed by atoms with Crippen LogP contribution in [0.15, 0.2) is 15.7 Å². The summed E-state index contributed by atoms with van der Waals surface area (Å²) in [4.78, 5) is 38.5. The summed E-state index contributed by atoms with van der Waals surface area (Å²) in [5.74, 6) is -0.411. The first kappa shape index (κ1) is 14.9. The summed E-state index contributed by atoms with van der Waals surface area (Å²) in [6.45, 7) is 3.26. The second-order valence-corrected chi connectivity index (χ2v) is 4.08. The first-order chi connectivity index (χ1) is 8.97. The highest BCUT2D eigenvalue weighted by molar-refractivity contribution is 5.91. The highest BCUT2D eigenvalue weighted by atomic mass is 16.3. The maximum atomic E-state index is 11.5. The number of rotatable bonds is 5.